The van der Waals surface area contributed by atoms with Gasteiger partial charge in [-0.1, -0.05) is 49.4 Å². The van der Waals surface area contributed by atoms with Crippen LogP contribution in [-0.2, 0) is 0 Å². The first-order valence-corrected chi connectivity index (χ1v) is 7.84. The van der Waals surface area contributed by atoms with Crippen molar-refractivity contribution in [1.82, 2.24) is 0 Å². The van der Waals surface area contributed by atoms with Crippen LogP contribution in [-0.4, -0.2) is 5.71 Å². The molecular formula is C21H25N. The molecule has 0 amide bonds. The van der Waals surface area contributed by atoms with Gasteiger partial charge in [0.2, 0.25) is 0 Å². The second-order valence-corrected chi connectivity index (χ2v) is 6.00. The van der Waals surface area contributed by atoms with Crippen LogP contribution in [0.3, 0.4) is 0 Å². The van der Waals surface area contributed by atoms with E-state index in [4.69, 9.17) is 0 Å². The van der Waals surface area contributed by atoms with Gasteiger partial charge in [-0.3, -0.25) is 4.99 Å². The molecule has 0 atom stereocenters. The molecule has 2 aromatic carbocycles. The van der Waals surface area contributed by atoms with Crippen molar-refractivity contribution in [3.63, 3.8) is 0 Å². The Hall–Kier alpha value is -2.15. The molecule has 2 rings (SSSR count). The van der Waals surface area contributed by atoms with Crippen LogP contribution < -0.4 is 0 Å². The summed E-state index contributed by atoms with van der Waals surface area (Å²) < 4.78 is 0. The summed E-state index contributed by atoms with van der Waals surface area (Å²) in [6, 6.07) is 13.1. The van der Waals surface area contributed by atoms with E-state index in [2.05, 4.69) is 75.7 Å². The molecule has 1 heteroatoms. The van der Waals surface area contributed by atoms with Crippen molar-refractivity contribution in [2.75, 3.05) is 0 Å². The molecule has 114 valence electrons. The zero-order valence-corrected chi connectivity index (χ0v) is 14.3. The fourth-order valence-electron chi connectivity index (χ4n) is 2.55. The molecule has 0 fully saturated rings. The van der Waals surface area contributed by atoms with Gasteiger partial charge in [0.05, 0.1) is 5.70 Å². The SMILES string of the molecule is C=C(N=C(C)CC)c1ccc(-c2cc(C)ccc2C)c(C)c1. The molecular weight excluding hydrogens is 266 g/mol. The van der Waals surface area contributed by atoms with Gasteiger partial charge in [0.1, 0.15) is 0 Å². The van der Waals surface area contributed by atoms with Crippen LogP contribution in [0.4, 0.5) is 0 Å². The molecule has 0 bridgehead atoms. The minimum atomic E-state index is 0.843. The van der Waals surface area contributed by atoms with E-state index >= 15 is 0 Å². The van der Waals surface area contributed by atoms with Crippen molar-refractivity contribution in [3.05, 3.63) is 65.2 Å². The van der Waals surface area contributed by atoms with Crippen LogP contribution in [0.5, 0.6) is 0 Å². The number of aryl methyl sites for hydroxylation is 3. The van der Waals surface area contributed by atoms with Gasteiger partial charge in [-0.15, -0.1) is 0 Å². The van der Waals surface area contributed by atoms with Crippen LogP contribution in [0.1, 0.15) is 42.5 Å². The first-order valence-electron chi connectivity index (χ1n) is 7.84. The molecule has 22 heavy (non-hydrogen) atoms. The predicted octanol–water partition coefficient (Wildman–Crippen LogP) is 6.12. The molecule has 0 N–H and O–H groups in total. The van der Waals surface area contributed by atoms with E-state index < -0.39 is 0 Å². The lowest BCUT2D eigenvalue weighted by atomic mass is 9.93. The Morgan fingerprint density at radius 1 is 0.955 bits per heavy atom. The molecule has 2 aromatic rings. The van der Waals surface area contributed by atoms with Gasteiger partial charge in [-0.25, -0.2) is 0 Å². The molecule has 0 aliphatic rings. The van der Waals surface area contributed by atoms with E-state index in [-0.39, 0.29) is 0 Å². The average molecular weight is 291 g/mol. The summed E-state index contributed by atoms with van der Waals surface area (Å²) in [6.07, 6.45) is 0.957. The number of hydrogen-bond acceptors (Lipinski definition) is 1. The Kier molecular flexibility index (Phi) is 4.97. The molecule has 0 unspecified atom stereocenters. The lowest BCUT2D eigenvalue weighted by Crippen LogP contribution is -1.92. The lowest BCUT2D eigenvalue weighted by molar-refractivity contribution is 1.25. The van der Waals surface area contributed by atoms with Crippen molar-refractivity contribution in [2.45, 2.75) is 41.0 Å². The highest BCUT2D eigenvalue weighted by Crippen LogP contribution is 2.29. The zero-order valence-electron chi connectivity index (χ0n) is 14.3. The summed E-state index contributed by atoms with van der Waals surface area (Å²) in [7, 11) is 0. The Balaban J connectivity index is 2.42. The van der Waals surface area contributed by atoms with E-state index in [1.54, 1.807) is 0 Å². The summed E-state index contributed by atoms with van der Waals surface area (Å²) in [4.78, 5) is 4.56. The second-order valence-electron chi connectivity index (χ2n) is 6.00. The minimum absolute atomic E-state index is 0.843. The van der Waals surface area contributed by atoms with Crippen molar-refractivity contribution in [2.24, 2.45) is 4.99 Å². The van der Waals surface area contributed by atoms with Gasteiger partial charge in [-0.05, 0) is 68.0 Å². The highest BCUT2D eigenvalue weighted by atomic mass is 14.7. The summed E-state index contributed by atoms with van der Waals surface area (Å²) >= 11 is 0. The Labute approximate surface area is 134 Å². The maximum Gasteiger partial charge on any atom is 0.0629 e. The minimum Gasteiger partial charge on any atom is -0.258 e. The maximum absolute atomic E-state index is 4.56. The van der Waals surface area contributed by atoms with Gasteiger partial charge >= 0.3 is 0 Å². The molecule has 0 aromatic heterocycles. The summed E-state index contributed by atoms with van der Waals surface area (Å²) in [5.41, 5.74) is 9.50. The Morgan fingerprint density at radius 3 is 2.32 bits per heavy atom. The molecule has 0 heterocycles. The number of hydrogen-bond donors (Lipinski definition) is 0. The van der Waals surface area contributed by atoms with E-state index in [1.807, 2.05) is 6.92 Å². The summed E-state index contributed by atoms with van der Waals surface area (Å²) in [5, 5.41) is 0. The van der Waals surface area contributed by atoms with E-state index in [0.29, 0.717) is 0 Å². The number of aliphatic imine (C=N–C) groups is 1. The van der Waals surface area contributed by atoms with Crippen LogP contribution in [0.2, 0.25) is 0 Å². The number of nitrogens with zero attached hydrogens (tertiary/aromatic N) is 1. The van der Waals surface area contributed by atoms with Gasteiger partial charge in [0, 0.05) is 5.71 Å². The summed E-state index contributed by atoms with van der Waals surface area (Å²) in [5.74, 6) is 0. The van der Waals surface area contributed by atoms with Crippen LogP contribution >= 0.6 is 0 Å². The predicted molar refractivity (Wildman–Crippen MR) is 98.5 cm³/mol. The standard InChI is InChI=1S/C21H25N/c1-7-17(5)22-18(6)19-10-11-20(16(4)13-19)21-12-14(2)8-9-15(21)3/h8-13H,6-7H2,1-5H3. The fraction of sp³-hybridized carbons (Fsp3) is 0.286. The normalized spacial score (nSPS) is 11.6. The van der Waals surface area contributed by atoms with Crippen molar-refractivity contribution in [1.29, 1.82) is 0 Å². The highest BCUT2D eigenvalue weighted by Gasteiger charge is 2.07. The van der Waals surface area contributed by atoms with Gasteiger partial charge in [0.15, 0.2) is 0 Å². The van der Waals surface area contributed by atoms with Gasteiger partial charge in [0.25, 0.3) is 0 Å². The van der Waals surface area contributed by atoms with Crippen LogP contribution in [0.15, 0.2) is 48.0 Å². The van der Waals surface area contributed by atoms with Crippen LogP contribution in [0, 0.1) is 20.8 Å². The topological polar surface area (TPSA) is 12.4 Å². The molecule has 0 saturated carbocycles. The van der Waals surface area contributed by atoms with Crippen molar-refractivity contribution in [3.8, 4) is 11.1 Å². The molecule has 0 radical (unpaired) electrons. The van der Waals surface area contributed by atoms with Gasteiger partial charge < -0.3 is 0 Å². The van der Waals surface area contributed by atoms with Crippen LogP contribution in [0.25, 0.3) is 16.8 Å². The molecule has 0 spiro atoms. The first-order chi connectivity index (χ1) is 10.4. The Bertz CT molecular complexity index is 736. The Morgan fingerprint density at radius 2 is 1.68 bits per heavy atom. The first kappa shape index (κ1) is 16.2. The van der Waals surface area contributed by atoms with E-state index in [1.165, 1.54) is 27.8 Å². The highest BCUT2D eigenvalue weighted by molar-refractivity contribution is 5.87. The largest absolute Gasteiger partial charge is 0.258 e. The molecule has 1 nitrogen and oxygen atoms in total. The lowest BCUT2D eigenvalue weighted by Gasteiger charge is -2.12. The van der Waals surface area contributed by atoms with Crippen molar-refractivity contribution >= 4 is 11.4 Å². The van der Waals surface area contributed by atoms with E-state index in [9.17, 15) is 0 Å². The number of rotatable bonds is 4. The second kappa shape index (κ2) is 6.74. The fourth-order valence-corrected chi connectivity index (χ4v) is 2.55. The average Bonchev–Trinajstić information content (AvgIpc) is 2.49. The maximum atomic E-state index is 4.56. The van der Waals surface area contributed by atoms with Gasteiger partial charge in [-0.2, -0.15) is 0 Å². The quantitative estimate of drug-likeness (QED) is 0.602. The third-order valence-corrected chi connectivity index (χ3v) is 4.08. The molecule has 0 aliphatic carbocycles. The third kappa shape index (κ3) is 3.54. The summed E-state index contributed by atoms with van der Waals surface area (Å²) in [6.45, 7) is 14.7. The van der Waals surface area contributed by atoms with E-state index in [0.717, 1.165) is 23.4 Å². The molecule has 0 saturated heterocycles. The van der Waals surface area contributed by atoms with Crippen molar-refractivity contribution < 1.29 is 0 Å². The monoisotopic (exact) mass is 291 g/mol. The smallest absolute Gasteiger partial charge is 0.0629 e. The third-order valence-electron chi connectivity index (χ3n) is 4.08. The molecule has 0 aliphatic heterocycles. The number of benzene rings is 2. The zero-order chi connectivity index (χ0) is 16.3.